The maximum absolute atomic E-state index is 12.1. The highest BCUT2D eigenvalue weighted by atomic mass is 16.5. The number of benzene rings is 2. The number of anilines is 2. The van der Waals surface area contributed by atoms with E-state index in [4.69, 9.17) is 4.74 Å². The van der Waals surface area contributed by atoms with Crippen LogP contribution in [0.25, 0.3) is 0 Å². The van der Waals surface area contributed by atoms with Gasteiger partial charge in [0, 0.05) is 26.3 Å². The topological polar surface area (TPSA) is 70.7 Å². The molecule has 0 bridgehead atoms. The molecule has 2 amide bonds. The van der Waals surface area contributed by atoms with E-state index in [1.165, 1.54) is 7.11 Å². The third-order valence-electron chi connectivity index (χ3n) is 3.96. The summed E-state index contributed by atoms with van der Waals surface area (Å²) in [6.45, 7) is 2.29. The maximum Gasteiger partial charge on any atom is 0.313 e. The molecular weight excluding hydrogens is 330 g/mol. The molecular formula is C20H25N3O3. The maximum atomic E-state index is 12.1. The van der Waals surface area contributed by atoms with Crippen molar-refractivity contribution in [3.63, 3.8) is 0 Å². The van der Waals surface area contributed by atoms with E-state index < -0.39 is 11.8 Å². The first-order valence-corrected chi connectivity index (χ1v) is 8.41. The number of ether oxygens (including phenoxy) is 1. The van der Waals surface area contributed by atoms with Crippen molar-refractivity contribution in [1.29, 1.82) is 0 Å². The van der Waals surface area contributed by atoms with Gasteiger partial charge in [-0.25, -0.2) is 0 Å². The number of carbonyl (C=O) groups excluding carboxylic acids is 2. The van der Waals surface area contributed by atoms with Gasteiger partial charge in [-0.3, -0.25) is 9.59 Å². The van der Waals surface area contributed by atoms with E-state index in [-0.39, 0.29) is 0 Å². The Labute approximate surface area is 154 Å². The summed E-state index contributed by atoms with van der Waals surface area (Å²) in [5.74, 6) is -0.868. The van der Waals surface area contributed by atoms with Gasteiger partial charge in [0.2, 0.25) is 0 Å². The van der Waals surface area contributed by atoms with E-state index in [0.717, 1.165) is 16.8 Å². The molecule has 2 N–H and O–H groups in total. The zero-order valence-electron chi connectivity index (χ0n) is 15.6. The molecule has 0 spiro atoms. The Balaban J connectivity index is 1.86. The number of hydrogen-bond donors (Lipinski definition) is 2. The predicted octanol–water partition coefficient (Wildman–Crippen LogP) is 2.37. The van der Waals surface area contributed by atoms with E-state index >= 15 is 0 Å². The average Bonchev–Trinajstić information content (AvgIpc) is 2.62. The lowest BCUT2D eigenvalue weighted by atomic mass is 10.1. The van der Waals surface area contributed by atoms with E-state index in [9.17, 15) is 9.59 Å². The lowest BCUT2D eigenvalue weighted by Gasteiger charge is -2.13. The van der Waals surface area contributed by atoms with Crippen LogP contribution in [0.4, 0.5) is 11.4 Å². The van der Waals surface area contributed by atoms with E-state index in [1.807, 2.05) is 56.3 Å². The number of nitrogens with zero attached hydrogens (tertiary/aromatic N) is 1. The van der Waals surface area contributed by atoms with Crippen LogP contribution >= 0.6 is 0 Å². The third-order valence-corrected chi connectivity index (χ3v) is 3.96. The minimum Gasteiger partial charge on any atom is -0.495 e. The van der Waals surface area contributed by atoms with Gasteiger partial charge in [0.15, 0.2) is 0 Å². The Morgan fingerprint density at radius 3 is 2.35 bits per heavy atom. The fraction of sp³-hybridized carbons (Fsp3) is 0.300. The highest BCUT2D eigenvalue weighted by molar-refractivity contribution is 6.39. The average molecular weight is 355 g/mol. The van der Waals surface area contributed by atoms with Crippen LogP contribution in [0.1, 0.15) is 11.1 Å². The second-order valence-corrected chi connectivity index (χ2v) is 6.22. The van der Waals surface area contributed by atoms with E-state index in [1.54, 1.807) is 12.1 Å². The number of hydrogen-bond acceptors (Lipinski definition) is 4. The summed E-state index contributed by atoms with van der Waals surface area (Å²) in [6.07, 6.45) is 0.653. The minimum absolute atomic E-state index is 0.387. The first kappa shape index (κ1) is 19.3. The number of methoxy groups -OCH3 is 1. The molecule has 2 aromatic carbocycles. The summed E-state index contributed by atoms with van der Waals surface area (Å²) in [5.41, 5.74) is 3.65. The zero-order chi connectivity index (χ0) is 19.1. The number of amides is 2. The third kappa shape index (κ3) is 5.24. The molecule has 2 aromatic rings. The van der Waals surface area contributed by atoms with Crippen molar-refractivity contribution < 1.29 is 14.3 Å². The molecule has 0 aliphatic heterocycles. The molecule has 0 saturated heterocycles. The SMILES string of the molecule is COc1ccc(C)cc1NC(=O)C(=O)NCCc1ccc(N(C)C)cc1. The van der Waals surface area contributed by atoms with Crippen LogP contribution in [0.2, 0.25) is 0 Å². The zero-order valence-corrected chi connectivity index (χ0v) is 15.6. The Morgan fingerprint density at radius 1 is 1.04 bits per heavy atom. The summed E-state index contributed by atoms with van der Waals surface area (Å²) < 4.78 is 5.20. The molecule has 6 nitrogen and oxygen atoms in total. The van der Waals surface area contributed by atoms with Crippen molar-refractivity contribution in [2.24, 2.45) is 0 Å². The van der Waals surface area contributed by atoms with Crippen LogP contribution in [0, 0.1) is 6.92 Å². The van der Waals surface area contributed by atoms with Crippen molar-refractivity contribution in [2.75, 3.05) is 38.0 Å². The van der Waals surface area contributed by atoms with Crippen molar-refractivity contribution >= 4 is 23.2 Å². The first-order valence-electron chi connectivity index (χ1n) is 8.41. The predicted molar refractivity (Wildman–Crippen MR) is 104 cm³/mol. The van der Waals surface area contributed by atoms with Crippen molar-refractivity contribution in [3.8, 4) is 5.75 Å². The molecule has 0 aromatic heterocycles. The van der Waals surface area contributed by atoms with Gasteiger partial charge < -0.3 is 20.3 Å². The minimum atomic E-state index is -0.711. The van der Waals surface area contributed by atoms with Crippen LogP contribution in [-0.2, 0) is 16.0 Å². The second-order valence-electron chi connectivity index (χ2n) is 6.22. The van der Waals surface area contributed by atoms with Gasteiger partial charge >= 0.3 is 11.8 Å². The molecule has 0 aliphatic carbocycles. The monoisotopic (exact) mass is 355 g/mol. The lowest BCUT2D eigenvalue weighted by Crippen LogP contribution is -2.36. The molecule has 26 heavy (non-hydrogen) atoms. The van der Waals surface area contributed by atoms with Crippen LogP contribution in [-0.4, -0.2) is 39.6 Å². The Morgan fingerprint density at radius 2 is 1.73 bits per heavy atom. The largest absolute Gasteiger partial charge is 0.495 e. The van der Waals surface area contributed by atoms with Gasteiger partial charge in [-0.05, 0) is 48.7 Å². The van der Waals surface area contributed by atoms with E-state index in [0.29, 0.717) is 24.4 Å². The number of carbonyl (C=O) groups is 2. The Hall–Kier alpha value is -3.02. The lowest BCUT2D eigenvalue weighted by molar-refractivity contribution is -0.136. The van der Waals surface area contributed by atoms with Gasteiger partial charge in [0.1, 0.15) is 5.75 Å². The van der Waals surface area contributed by atoms with Gasteiger partial charge in [-0.1, -0.05) is 18.2 Å². The van der Waals surface area contributed by atoms with Gasteiger partial charge in [0.25, 0.3) is 0 Å². The van der Waals surface area contributed by atoms with Crippen molar-refractivity contribution in [3.05, 3.63) is 53.6 Å². The first-order chi connectivity index (χ1) is 12.4. The van der Waals surface area contributed by atoms with Crippen molar-refractivity contribution in [2.45, 2.75) is 13.3 Å². The molecule has 0 saturated carbocycles. The molecule has 6 heteroatoms. The molecule has 0 heterocycles. The molecule has 0 atom stereocenters. The molecule has 0 radical (unpaired) electrons. The van der Waals surface area contributed by atoms with E-state index in [2.05, 4.69) is 10.6 Å². The smallest absolute Gasteiger partial charge is 0.313 e. The second kappa shape index (κ2) is 8.89. The van der Waals surface area contributed by atoms with Crippen molar-refractivity contribution in [1.82, 2.24) is 5.32 Å². The number of rotatable bonds is 6. The summed E-state index contributed by atoms with van der Waals surface area (Å²) in [5, 5.41) is 5.23. The Kier molecular flexibility index (Phi) is 6.60. The normalized spacial score (nSPS) is 10.2. The molecule has 0 unspecified atom stereocenters. The summed E-state index contributed by atoms with van der Waals surface area (Å²) in [7, 11) is 5.48. The number of nitrogens with one attached hydrogen (secondary N) is 2. The van der Waals surface area contributed by atoms with Crippen LogP contribution < -0.4 is 20.3 Å². The summed E-state index contributed by atoms with van der Waals surface area (Å²) >= 11 is 0. The quantitative estimate of drug-likeness (QED) is 0.781. The highest BCUT2D eigenvalue weighted by Gasteiger charge is 2.15. The Bertz CT molecular complexity index is 770. The van der Waals surface area contributed by atoms with Crippen LogP contribution in [0.15, 0.2) is 42.5 Å². The molecule has 0 aliphatic rings. The molecule has 2 rings (SSSR count). The fourth-order valence-corrected chi connectivity index (χ4v) is 2.46. The number of aryl methyl sites for hydroxylation is 1. The standard InChI is InChI=1S/C20H25N3O3/c1-14-5-10-18(26-4)17(13-14)22-20(25)19(24)21-12-11-15-6-8-16(9-7-15)23(2)3/h5-10,13H,11-12H2,1-4H3,(H,21,24)(H,22,25). The summed E-state index contributed by atoms with van der Waals surface area (Å²) in [6, 6.07) is 13.5. The molecule has 0 fully saturated rings. The van der Waals surface area contributed by atoms with Gasteiger partial charge in [-0.2, -0.15) is 0 Å². The van der Waals surface area contributed by atoms with Crippen LogP contribution in [0.3, 0.4) is 0 Å². The molecule has 138 valence electrons. The van der Waals surface area contributed by atoms with Gasteiger partial charge in [-0.15, -0.1) is 0 Å². The van der Waals surface area contributed by atoms with Crippen LogP contribution in [0.5, 0.6) is 5.75 Å². The summed E-state index contributed by atoms with van der Waals surface area (Å²) in [4.78, 5) is 26.1. The fourth-order valence-electron chi connectivity index (χ4n) is 2.46. The highest BCUT2D eigenvalue weighted by Crippen LogP contribution is 2.25. The van der Waals surface area contributed by atoms with Gasteiger partial charge in [0.05, 0.1) is 12.8 Å².